The highest BCUT2D eigenvalue weighted by Crippen LogP contribution is 2.40. The maximum absolute atomic E-state index is 6.54. The molecule has 2 aromatic carbocycles. The first-order valence-electron chi connectivity index (χ1n) is 11.7. The Balaban J connectivity index is 1.28. The van der Waals surface area contributed by atoms with Crippen molar-refractivity contribution in [1.29, 1.82) is 0 Å². The summed E-state index contributed by atoms with van der Waals surface area (Å²) in [6.45, 7) is 5.22. The minimum absolute atomic E-state index is 0.268. The van der Waals surface area contributed by atoms with E-state index < -0.39 is 5.79 Å². The van der Waals surface area contributed by atoms with Gasteiger partial charge in [-0.25, -0.2) is 15.0 Å². The summed E-state index contributed by atoms with van der Waals surface area (Å²) >= 11 is 12.7. The third-order valence-corrected chi connectivity index (χ3v) is 6.48. The van der Waals surface area contributed by atoms with Crippen LogP contribution in [-0.4, -0.2) is 38.8 Å². The minimum atomic E-state index is -1.08. The first kappa shape index (κ1) is 24.7. The number of hydrogen-bond acceptors (Lipinski definition) is 6. The maximum Gasteiger partial charge on any atom is 0.215 e. The lowest BCUT2D eigenvalue weighted by atomic mass is 10.1. The van der Waals surface area contributed by atoms with Crippen molar-refractivity contribution in [2.45, 2.75) is 38.2 Å². The predicted octanol–water partition coefficient (Wildman–Crippen LogP) is 6.12. The second-order valence-electron chi connectivity index (χ2n) is 8.95. The van der Waals surface area contributed by atoms with Gasteiger partial charge < -0.3 is 18.8 Å². The number of rotatable bonds is 8. The van der Waals surface area contributed by atoms with E-state index in [1.165, 1.54) is 0 Å². The molecule has 0 amide bonds. The standard InChI is InChI=1S/C27H26Cl2N4O3/c1-18(2)26-31-10-9-25(32-26)19-3-6-21(7-4-19)34-14-22-15-35-27(36-22,16-33-12-11-30-17-33)23-8-5-20(28)13-24(23)29/h3-13,17-18,22H,14-16H2,1-2H3. The Bertz CT molecular complexity index is 1320. The van der Waals surface area contributed by atoms with Crippen LogP contribution in [0, 0.1) is 0 Å². The molecule has 1 aliphatic rings. The van der Waals surface area contributed by atoms with E-state index in [-0.39, 0.29) is 12.0 Å². The lowest BCUT2D eigenvalue weighted by molar-refractivity contribution is -0.189. The molecule has 0 N–H and O–H groups in total. The summed E-state index contributed by atoms with van der Waals surface area (Å²) in [6, 6.07) is 15.0. The molecule has 0 aliphatic carbocycles. The van der Waals surface area contributed by atoms with Crippen LogP contribution >= 0.6 is 23.2 Å². The summed E-state index contributed by atoms with van der Waals surface area (Å²) in [4.78, 5) is 13.1. The summed E-state index contributed by atoms with van der Waals surface area (Å²) in [5, 5.41) is 1.02. The molecular weight excluding hydrogens is 499 g/mol. The molecule has 1 fully saturated rings. The molecule has 9 heteroatoms. The molecule has 3 heterocycles. The summed E-state index contributed by atoms with van der Waals surface area (Å²) in [5.74, 6) is 0.745. The Morgan fingerprint density at radius 1 is 1.11 bits per heavy atom. The number of imidazole rings is 1. The summed E-state index contributed by atoms with van der Waals surface area (Å²) in [5.41, 5.74) is 2.60. The Kier molecular flexibility index (Phi) is 7.25. The van der Waals surface area contributed by atoms with Crippen molar-refractivity contribution < 1.29 is 14.2 Å². The van der Waals surface area contributed by atoms with Crippen molar-refractivity contribution in [2.75, 3.05) is 13.2 Å². The largest absolute Gasteiger partial charge is 0.491 e. The van der Waals surface area contributed by atoms with Gasteiger partial charge in [0.1, 0.15) is 24.3 Å². The smallest absolute Gasteiger partial charge is 0.215 e. The number of aromatic nitrogens is 4. The zero-order valence-corrected chi connectivity index (χ0v) is 21.5. The zero-order chi connectivity index (χ0) is 25.1. The van der Waals surface area contributed by atoms with Crippen LogP contribution in [0.25, 0.3) is 11.3 Å². The van der Waals surface area contributed by atoms with Crippen molar-refractivity contribution in [3.05, 3.63) is 94.9 Å². The molecule has 4 aromatic rings. The number of hydrogen-bond donors (Lipinski definition) is 0. The first-order chi connectivity index (χ1) is 17.4. The van der Waals surface area contributed by atoms with Crippen LogP contribution in [0.15, 0.2) is 73.4 Å². The molecule has 1 saturated heterocycles. The van der Waals surface area contributed by atoms with E-state index in [2.05, 4.69) is 28.8 Å². The molecule has 0 spiro atoms. The highest BCUT2D eigenvalue weighted by atomic mass is 35.5. The Morgan fingerprint density at radius 3 is 2.67 bits per heavy atom. The highest BCUT2D eigenvalue weighted by molar-refractivity contribution is 6.35. The average molecular weight is 525 g/mol. The molecule has 0 saturated carbocycles. The zero-order valence-electron chi connectivity index (χ0n) is 20.0. The molecule has 2 aromatic heterocycles. The summed E-state index contributed by atoms with van der Waals surface area (Å²) in [6.07, 6.45) is 6.77. The van der Waals surface area contributed by atoms with Crippen LogP contribution in [0.5, 0.6) is 5.75 Å². The molecular formula is C27H26Cl2N4O3. The number of ether oxygens (including phenoxy) is 3. The van der Waals surface area contributed by atoms with Crippen LogP contribution in [0.3, 0.4) is 0 Å². The molecule has 186 valence electrons. The third kappa shape index (κ3) is 5.39. The normalized spacial score (nSPS) is 19.6. The minimum Gasteiger partial charge on any atom is -0.491 e. The van der Waals surface area contributed by atoms with E-state index >= 15 is 0 Å². The number of nitrogens with zero attached hydrogens (tertiary/aromatic N) is 4. The summed E-state index contributed by atoms with van der Waals surface area (Å²) < 4.78 is 20.6. The predicted molar refractivity (Wildman–Crippen MR) is 138 cm³/mol. The lowest BCUT2D eigenvalue weighted by Crippen LogP contribution is -2.34. The summed E-state index contributed by atoms with van der Waals surface area (Å²) in [7, 11) is 0. The number of halogens is 2. The van der Waals surface area contributed by atoms with Crippen LogP contribution in [0.1, 0.15) is 31.2 Å². The molecule has 0 radical (unpaired) electrons. The van der Waals surface area contributed by atoms with Crippen LogP contribution in [-0.2, 0) is 21.8 Å². The van der Waals surface area contributed by atoms with Gasteiger partial charge in [-0.2, -0.15) is 0 Å². The quantitative estimate of drug-likeness (QED) is 0.276. The fourth-order valence-electron chi connectivity index (χ4n) is 4.10. The van der Waals surface area contributed by atoms with E-state index in [1.807, 2.05) is 47.2 Å². The molecule has 0 bridgehead atoms. The van der Waals surface area contributed by atoms with E-state index in [0.717, 1.165) is 22.8 Å². The van der Waals surface area contributed by atoms with Gasteiger partial charge in [0.05, 0.1) is 30.2 Å². The van der Waals surface area contributed by atoms with Crippen molar-refractivity contribution >= 4 is 23.2 Å². The Labute approximate surface area is 220 Å². The van der Waals surface area contributed by atoms with Crippen molar-refractivity contribution in [1.82, 2.24) is 19.5 Å². The van der Waals surface area contributed by atoms with E-state index in [4.69, 9.17) is 37.4 Å². The van der Waals surface area contributed by atoms with Crippen molar-refractivity contribution in [2.24, 2.45) is 0 Å². The topological polar surface area (TPSA) is 71.3 Å². The number of benzene rings is 2. The molecule has 2 unspecified atom stereocenters. The van der Waals surface area contributed by atoms with Crippen molar-refractivity contribution in [3.8, 4) is 17.0 Å². The second kappa shape index (κ2) is 10.6. The van der Waals surface area contributed by atoms with Gasteiger partial charge in [-0.3, -0.25) is 0 Å². The van der Waals surface area contributed by atoms with Gasteiger partial charge in [-0.1, -0.05) is 43.1 Å². The van der Waals surface area contributed by atoms with Crippen molar-refractivity contribution in [3.63, 3.8) is 0 Å². The Morgan fingerprint density at radius 2 is 1.94 bits per heavy atom. The van der Waals surface area contributed by atoms with Gasteiger partial charge in [0, 0.05) is 40.7 Å². The SMILES string of the molecule is CC(C)c1nccc(-c2ccc(OCC3COC(Cn4ccnc4)(c4ccc(Cl)cc4Cl)O3)cc2)n1. The van der Waals surface area contributed by atoms with Gasteiger partial charge in [0.15, 0.2) is 0 Å². The highest BCUT2D eigenvalue weighted by Gasteiger charge is 2.45. The van der Waals surface area contributed by atoms with Crippen LogP contribution in [0.2, 0.25) is 10.0 Å². The van der Waals surface area contributed by atoms with E-state index in [0.29, 0.717) is 35.4 Å². The fraction of sp³-hybridized carbons (Fsp3) is 0.296. The van der Waals surface area contributed by atoms with E-state index in [1.54, 1.807) is 30.9 Å². The van der Waals surface area contributed by atoms with Gasteiger partial charge in [0.2, 0.25) is 5.79 Å². The lowest BCUT2D eigenvalue weighted by Gasteiger charge is -2.30. The van der Waals surface area contributed by atoms with E-state index in [9.17, 15) is 0 Å². The molecule has 2 atom stereocenters. The van der Waals surface area contributed by atoms with Gasteiger partial charge >= 0.3 is 0 Å². The van der Waals surface area contributed by atoms with Gasteiger partial charge in [-0.05, 0) is 42.5 Å². The monoisotopic (exact) mass is 524 g/mol. The Hall–Kier alpha value is -2.97. The average Bonchev–Trinajstić information content (AvgIpc) is 3.54. The van der Waals surface area contributed by atoms with Crippen LogP contribution in [0.4, 0.5) is 0 Å². The second-order valence-corrected chi connectivity index (χ2v) is 9.80. The van der Waals surface area contributed by atoms with Gasteiger partial charge in [0.25, 0.3) is 0 Å². The van der Waals surface area contributed by atoms with Crippen LogP contribution < -0.4 is 4.74 Å². The molecule has 7 nitrogen and oxygen atoms in total. The molecule has 1 aliphatic heterocycles. The molecule has 5 rings (SSSR count). The maximum atomic E-state index is 6.54. The van der Waals surface area contributed by atoms with Gasteiger partial charge in [-0.15, -0.1) is 0 Å². The first-order valence-corrected chi connectivity index (χ1v) is 12.5. The fourth-order valence-corrected chi connectivity index (χ4v) is 4.65. The molecule has 36 heavy (non-hydrogen) atoms. The third-order valence-electron chi connectivity index (χ3n) is 5.93.